The summed E-state index contributed by atoms with van der Waals surface area (Å²) >= 11 is 0. The van der Waals surface area contributed by atoms with Crippen molar-refractivity contribution in [2.45, 2.75) is 109 Å². The van der Waals surface area contributed by atoms with Gasteiger partial charge in [-0.3, -0.25) is 0 Å². The Labute approximate surface area is 208 Å². The normalized spacial score (nSPS) is 18.7. The van der Waals surface area contributed by atoms with E-state index in [1.807, 2.05) is 27.7 Å². The highest BCUT2D eigenvalue weighted by atomic mass is 31.1. The van der Waals surface area contributed by atoms with Gasteiger partial charge in [0.15, 0.2) is 0 Å². The van der Waals surface area contributed by atoms with Gasteiger partial charge in [0.2, 0.25) is 0 Å². The molecule has 6 atom stereocenters. The van der Waals surface area contributed by atoms with Gasteiger partial charge in [0.25, 0.3) is 0 Å². The Morgan fingerprint density at radius 1 is 0.824 bits per heavy atom. The van der Waals surface area contributed by atoms with Crippen LogP contribution in [0.3, 0.4) is 0 Å². The van der Waals surface area contributed by atoms with Crippen molar-refractivity contribution in [2.24, 2.45) is 0 Å². The van der Waals surface area contributed by atoms with Gasteiger partial charge in [-0.25, -0.2) is 0 Å². The minimum atomic E-state index is -2.33. The summed E-state index contributed by atoms with van der Waals surface area (Å²) in [7, 11) is -4.17. The van der Waals surface area contributed by atoms with Crippen LogP contribution in [-0.4, -0.2) is 89.5 Å². The molecule has 8 nitrogen and oxygen atoms in total. The fraction of sp³-hybridized carbons (Fsp3) is 1.00. The van der Waals surface area contributed by atoms with E-state index in [-0.39, 0.29) is 19.3 Å². The zero-order valence-electron chi connectivity index (χ0n) is 22.3. The van der Waals surface area contributed by atoms with Gasteiger partial charge in [0, 0.05) is 24.5 Å². The Hall–Kier alpha value is 0.220. The lowest BCUT2D eigenvalue weighted by Gasteiger charge is -2.37. The summed E-state index contributed by atoms with van der Waals surface area (Å²) in [5.74, 6) is 0. The van der Waals surface area contributed by atoms with Crippen molar-refractivity contribution in [3.8, 4) is 0 Å². The number of hydrogen-bond donors (Lipinski definition) is 3. The molecule has 3 N–H and O–H groups in total. The molecule has 0 aliphatic heterocycles. The van der Waals surface area contributed by atoms with Crippen molar-refractivity contribution in [3.05, 3.63) is 0 Å². The van der Waals surface area contributed by atoms with Gasteiger partial charge < -0.3 is 38.7 Å². The average Bonchev–Trinajstić information content (AvgIpc) is 2.82. The first kappa shape index (κ1) is 34.2. The second-order valence-electron chi connectivity index (χ2n) is 9.94. The molecule has 0 spiro atoms. The number of unbranched alkanes of at least 4 members (excludes halogenated alkanes) is 3. The standard InChI is InChI=1S/C24H52O8P2/c1-7-13-30-21(18-26)22(27)24(6,32-14-8-2)34(29)16-12-10-9-11-15-33(28)23(4,5)19-31-20(3)17-25/h20-22,25-27,33-34H,7-19H2,1-6H3. The van der Waals surface area contributed by atoms with Gasteiger partial charge in [-0.05, 0) is 45.7 Å². The summed E-state index contributed by atoms with van der Waals surface area (Å²) in [6, 6.07) is 0. The summed E-state index contributed by atoms with van der Waals surface area (Å²) in [6.45, 7) is 12.0. The van der Waals surface area contributed by atoms with Gasteiger partial charge in [0.1, 0.15) is 25.4 Å². The third kappa shape index (κ3) is 12.5. The fourth-order valence-corrected chi connectivity index (χ4v) is 6.85. The summed E-state index contributed by atoms with van der Waals surface area (Å²) < 4.78 is 42.9. The molecule has 0 aromatic carbocycles. The molecular weight excluding hydrogens is 478 g/mol. The first-order valence-corrected chi connectivity index (χ1v) is 16.1. The van der Waals surface area contributed by atoms with Gasteiger partial charge in [-0.2, -0.15) is 0 Å². The van der Waals surface area contributed by atoms with Gasteiger partial charge in [-0.15, -0.1) is 0 Å². The van der Waals surface area contributed by atoms with E-state index in [4.69, 9.17) is 19.3 Å². The molecule has 0 aliphatic rings. The van der Waals surface area contributed by atoms with Gasteiger partial charge >= 0.3 is 0 Å². The molecule has 34 heavy (non-hydrogen) atoms. The molecule has 0 aliphatic carbocycles. The van der Waals surface area contributed by atoms with Crippen molar-refractivity contribution in [2.75, 3.05) is 45.4 Å². The van der Waals surface area contributed by atoms with Crippen LogP contribution in [0.2, 0.25) is 0 Å². The maximum absolute atomic E-state index is 13.2. The summed E-state index contributed by atoms with van der Waals surface area (Å²) in [5, 5.41) is 28.0. The van der Waals surface area contributed by atoms with Crippen LogP contribution in [0, 0.1) is 0 Å². The molecule has 0 aromatic rings. The summed E-state index contributed by atoms with van der Waals surface area (Å²) in [6.07, 6.45) is 3.63. The largest absolute Gasteiger partial charge is 0.394 e. The van der Waals surface area contributed by atoms with Crippen molar-refractivity contribution in [3.63, 3.8) is 0 Å². The minimum absolute atomic E-state index is 0.0495. The van der Waals surface area contributed by atoms with Crippen LogP contribution in [0.1, 0.15) is 80.1 Å². The quantitative estimate of drug-likeness (QED) is 0.141. The molecule has 0 saturated carbocycles. The predicted molar refractivity (Wildman–Crippen MR) is 141 cm³/mol. The lowest BCUT2D eigenvalue weighted by atomic mass is 10.1. The van der Waals surface area contributed by atoms with Crippen molar-refractivity contribution in [1.82, 2.24) is 0 Å². The first-order chi connectivity index (χ1) is 16.0. The Morgan fingerprint density at radius 2 is 1.38 bits per heavy atom. The summed E-state index contributed by atoms with van der Waals surface area (Å²) in [4.78, 5) is 0. The molecule has 0 saturated heterocycles. The lowest BCUT2D eigenvalue weighted by molar-refractivity contribution is -0.136. The van der Waals surface area contributed by atoms with E-state index in [9.17, 15) is 19.3 Å². The molecule has 0 radical (unpaired) electrons. The smallest absolute Gasteiger partial charge is 0.144 e. The molecule has 0 bridgehead atoms. The van der Waals surface area contributed by atoms with Crippen LogP contribution < -0.4 is 0 Å². The zero-order valence-corrected chi connectivity index (χ0v) is 24.3. The Morgan fingerprint density at radius 3 is 1.88 bits per heavy atom. The van der Waals surface area contributed by atoms with Crippen molar-refractivity contribution in [1.29, 1.82) is 0 Å². The Bertz CT molecular complexity index is 575. The maximum atomic E-state index is 13.2. The van der Waals surface area contributed by atoms with Crippen LogP contribution in [0.4, 0.5) is 0 Å². The molecule has 0 amide bonds. The second kappa shape index (κ2) is 18.5. The first-order valence-electron chi connectivity index (χ1n) is 12.8. The highest BCUT2D eigenvalue weighted by molar-refractivity contribution is 7.46. The van der Waals surface area contributed by atoms with Crippen LogP contribution in [0.5, 0.6) is 0 Å². The SMILES string of the molecule is CCCOC(CO)C(O)C(C)(OCCC)[PH](=O)CCCCCC[PH](=O)C(C)(C)COC(C)CO. The Kier molecular flexibility index (Phi) is 18.6. The topological polar surface area (TPSA) is 123 Å². The third-order valence-corrected chi connectivity index (χ3v) is 10.9. The number of rotatable bonds is 22. The second-order valence-corrected chi connectivity index (χ2v) is 15.0. The molecule has 0 fully saturated rings. The molecule has 206 valence electrons. The molecule has 0 heterocycles. The minimum Gasteiger partial charge on any atom is -0.394 e. The highest BCUT2D eigenvalue weighted by Gasteiger charge is 2.44. The van der Waals surface area contributed by atoms with Crippen molar-refractivity contribution < 1.29 is 38.7 Å². The molecule has 0 rings (SSSR count). The highest BCUT2D eigenvalue weighted by Crippen LogP contribution is 2.45. The van der Waals surface area contributed by atoms with Crippen LogP contribution in [-0.2, 0) is 23.3 Å². The molecule has 0 aromatic heterocycles. The molecule has 10 heteroatoms. The maximum Gasteiger partial charge on any atom is 0.144 e. The van der Waals surface area contributed by atoms with Crippen LogP contribution in [0.25, 0.3) is 0 Å². The molecule has 6 unspecified atom stereocenters. The monoisotopic (exact) mass is 530 g/mol. The number of ether oxygens (including phenoxy) is 3. The Balaban J connectivity index is 4.63. The number of hydrogen-bond acceptors (Lipinski definition) is 8. The lowest BCUT2D eigenvalue weighted by Crippen LogP contribution is -2.49. The third-order valence-electron chi connectivity index (χ3n) is 6.09. The summed E-state index contributed by atoms with van der Waals surface area (Å²) in [5.41, 5.74) is 0. The van der Waals surface area contributed by atoms with Crippen LogP contribution in [0.15, 0.2) is 0 Å². The average molecular weight is 531 g/mol. The fourth-order valence-electron chi connectivity index (χ4n) is 3.51. The van der Waals surface area contributed by atoms with Gasteiger partial charge in [-0.1, -0.05) is 40.5 Å². The zero-order chi connectivity index (χ0) is 26.2. The van der Waals surface area contributed by atoms with E-state index >= 15 is 0 Å². The van der Waals surface area contributed by atoms with E-state index < -0.39 is 38.3 Å². The molecular formula is C24H52O8P2. The van der Waals surface area contributed by atoms with E-state index in [2.05, 4.69) is 0 Å². The van der Waals surface area contributed by atoms with E-state index in [0.717, 1.165) is 38.5 Å². The van der Waals surface area contributed by atoms with E-state index in [1.54, 1.807) is 13.8 Å². The van der Waals surface area contributed by atoms with E-state index in [0.29, 0.717) is 32.1 Å². The van der Waals surface area contributed by atoms with E-state index in [1.165, 1.54) is 0 Å². The number of aliphatic hydroxyl groups excluding tert-OH is 3. The van der Waals surface area contributed by atoms with Crippen LogP contribution >= 0.6 is 15.6 Å². The van der Waals surface area contributed by atoms with Crippen molar-refractivity contribution >= 4 is 15.6 Å². The predicted octanol–water partition coefficient (Wildman–Crippen LogP) is 4.13. The number of aliphatic hydroxyl groups is 3. The van der Waals surface area contributed by atoms with Gasteiger partial charge in [0.05, 0.1) is 33.7 Å².